The van der Waals surface area contributed by atoms with Crippen LogP contribution in [0.3, 0.4) is 0 Å². The largest absolute Gasteiger partial charge is 0.381 e. The first kappa shape index (κ1) is 14.2. The first-order valence-electron chi connectivity index (χ1n) is 8.07. The minimum atomic E-state index is -0.00281. The van der Waals surface area contributed by atoms with Crippen LogP contribution in [-0.2, 0) is 11.2 Å². The summed E-state index contributed by atoms with van der Waals surface area (Å²) < 4.78 is 5.45. The van der Waals surface area contributed by atoms with Crippen molar-refractivity contribution >= 4 is 10.9 Å². The van der Waals surface area contributed by atoms with E-state index in [1.807, 2.05) is 30.3 Å². The number of hydrogen-bond donors (Lipinski definition) is 1. The number of aromatic nitrogens is 1. The highest BCUT2D eigenvalue weighted by atomic mass is 16.5. The number of pyridine rings is 1. The molecule has 0 amide bonds. The molecule has 23 heavy (non-hydrogen) atoms. The molecule has 1 atom stereocenters. The lowest BCUT2D eigenvalue weighted by Crippen LogP contribution is -2.12. The average Bonchev–Trinajstić information content (AvgIpc) is 3.11. The van der Waals surface area contributed by atoms with E-state index in [9.17, 15) is 4.79 Å². The molecule has 3 aromatic rings. The molecule has 3 heteroatoms. The van der Waals surface area contributed by atoms with Crippen LogP contribution in [0.15, 0.2) is 59.4 Å². The molecular weight excluding hydrogens is 286 g/mol. The van der Waals surface area contributed by atoms with Crippen molar-refractivity contribution in [1.82, 2.24) is 4.98 Å². The molecule has 0 bridgehead atoms. The van der Waals surface area contributed by atoms with Crippen molar-refractivity contribution in [3.63, 3.8) is 0 Å². The van der Waals surface area contributed by atoms with Crippen LogP contribution in [0.2, 0.25) is 0 Å². The van der Waals surface area contributed by atoms with Gasteiger partial charge in [0.1, 0.15) is 0 Å². The smallest absolute Gasteiger partial charge is 0.251 e. The van der Waals surface area contributed by atoms with Gasteiger partial charge in [-0.15, -0.1) is 0 Å². The Balaban J connectivity index is 1.60. The first-order chi connectivity index (χ1) is 11.3. The molecule has 1 N–H and O–H groups in total. The van der Waals surface area contributed by atoms with Gasteiger partial charge in [-0.05, 0) is 35.1 Å². The number of aromatic amines is 1. The molecule has 0 radical (unpaired) electrons. The maximum Gasteiger partial charge on any atom is 0.251 e. The zero-order valence-corrected chi connectivity index (χ0v) is 12.9. The molecule has 1 aromatic heterocycles. The summed E-state index contributed by atoms with van der Waals surface area (Å²) in [6.45, 7) is 1.68. The van der Waals surface area contributed by atoms with Gasteiger partial charge in [0.25, 0.3) is 5.56 Å². The number of para-hydroxylation sites is 1. The van der Waals surface area contributed by atoms with E-state index in [4.69, 9.17) is 4.74 Å². The Kier molecular flexibility index (Phi) is 3.72. The van der Waals surface area contributed by atoms with Crippen LogP contribution in [0, 0.1) is 0 Å². The van der Waals surface area contributed by atoms with Crippen molar-refractivity contribution < 1.29 is 4.74 Å². The van der Waals surface area contributed by atoms with Crippen molar-refractivity contribution in [2.45, 2.75) is 18.8 Å². The van der Waals surface area contributed by atoms with Gasteiger partial charge in [-0.25, -0.2) is 0 Å². The molecule has 0 spiro atoms. The fourth-order valence-corrected chi connectivity index (χ4v) is 3.25. The number of nitrogens with one attached hydrogen (secondary N) is 1. The summed E-state index contributed by atoms with van der Waals surface area (Å²) in [6, 6.07) is 18.5. The third-order valence-corrected chi connectivity index (χ3v) is 4.61. The SMILES string of the molecule is O=c1[nH]c2ccccc2cc1Cc1ccc(C2CCOC2)cc1. The second kappa shape index (κ2) is 6.01. The number of hydrogen-bond acceptors (Lipinski definition) is 2. The standard InChI is InChI=1S/C20H19NO2/c22-20-18(12-16-3-1-2-4-19(16)21-20)11-14-5-7-15(8-6-14)17-9-10-23-13-17/h1-8,12,17H,9-11,13H2,(H,21,22). The number of fused-ring (bicyclic) bond motifs is 1. The molecule has 1 unspecified atom stereocenters. The van der Waals surface area contributed by atoms with E-state index in [1.165, 1.54) is 5.56 Å². The summed E-state index contributed by atoms with van der Waals surface area (Å²) in [4.78, 5) is 15.2. The van der Waals surface area contributed by atoms with Crippen molar-refractivity contribution in [2.75, 3.05) is 13.2 Å². The van der Waals surface area contributed by atoms with Crippen LogP contribution < -0.4 is 5.56 Å². The van der Waals surface area contributed by atoms with E-state index in [0.717, 1.165) is 41.7 Å². The van der Waals surface area contributed by atoms with E-state index in [-0.39, 0.29) is 5.56 Å². The van der Waals surface area contributed by atoms with Crippen LogP contribution in [0.5, 0.6) is 0 Å². The molecule has 3 nitrogen and oxygen atoms in total. The molecule has 0 saturated carbocycles. The van der Waals surface area contributed by atoms with Crippen LogP contribution in [0.4, 0.5) is 0 Å². The Morgan fingerprint density at radius 1 is 1.09 bits per heavy atom. The molecular formula is C20H19NO2. The number of benzene rings is 2. The van der Waals surface area contributed by atoms with Gasteiger partial charge in [-0.1, -0.05) is 42.5 Å². The van der Waals surface area contributed by atoms with E-state index in [0.29, 0.717) is 12.3 Å². The highest BCUT2D eigenvalue weighted by Gasteiger charge is 2.17. The Bertz CT molecular complexity index is 874. The fourth-order valence-electron chi connectivity index (χ4n) is 3.25. The van der Waals surface area contributed by atoms with E-state index >= 15 is 0 Å². The molecule has 1 saturated heterocycles. The van der Waals surface area contributed by atoms with Gasteiger partial charge in [-0.2, -0.15) is 0 Å². The van der Waals surface area contributed by atoms with E-state index < -0.39 is 0 Å². The summed E-state index contributed by atoms with van der Waals surface area (Å²) in [7, 11) is 0. The van der Waals surface area contributed by atoms with Crippen molar-refractivity contribution in [3.05, 3.63) is 81.6 Å². The minimum absolute atomic E-state index is 0.00281. The zero-order valence-electron chi connectivity index (χ0n) is 12.9. The van der Waals surface area contributed by atoms with Crippen LogP contribution in [0.1, 0.15) is 29.0 Å². The molecule has 1 aliphatic rings. The summed E-state index contributed by atoms with van der Waals surface area (Å²) in [6.07, 6.45) is 1.76. The summed E-state index contributed by atoms with van der Waals surface area (Å²) in [5.74, 6) is 0.521. The topological polar surface area (TPSA) is 42.1 Å². The monoisotopic (exact) mass is 305 g/mol. The minimum Gasteiger partial charge on any atom is -0.381 e. The highest BCUT2D eigenvalue weighted by molar-refractivity contribution is 5.78. The maximum absolute atomic E-state index is 12.2. The third kappa shape index (κ3) is 2.92. The quantitative estimate of drug-likeness (QED) is 0.803. The third-order valence-electron chi connectivity index (χ3n) is 4.61. The van der Waals surface area contributed by atoms with Gasteiger partial charge in [-0.3, -0.25) is 4.79 Å². The second-order valence-electron chi connectivity index (χ2n) is 6.19. The molecule has 0 aliphatic carbocycles. The van der Waals surface area contributed by atoms with Gasteiger partial charge in [0.05, 0.1) is 6.61 Å². The van der Waals surface area contributed by atoms with Gasteiger partial charge < -0.3 is 9.72 Å². The summed E-state index contributed by atoms with van der Waals surface area (Å²) in [5, 5.41) is 1.07. The zero-order chi connectivity index (χ0) is 15.6. The average molecular weight is 305 g/mol. The Labute approximate surface area is 134 Å². The number of rotatable bonds is 3. The Morgan fingerprint density at radius 3 is 2.70 bits per heavy atom. The van der Waals surface area contributed by atoms with Crippen LogP contribution in [-0.4, -0.2) is 18.2 Å². The van der Waals surface area contributed by atoms with Crippen LogP contribution >= 0.6 is 0 Å². The number of ether oxygens (including phenoxy) is 1. The van der Waals surface area contributed by atoms with Gasteiger partial charge in [0.2, 0.25) is 0 Å². The first-order valence-corrected chi connectivity index (χ1v) is 8.07. The summed E-state index contributed by atoms with van der Waals surface area (Å²) >= 11 is 0. The fraction of sp³-hybridized carbons (Fsp3) is 0.250. The molecule has 1 aliphatic heterocycles. The van der Waals surface area contributed by atoms with Gasteiger partial charge >= 0.3 is 0 Å². The maximum atomic E-state index is 12.2. The van der Waals surface area contributed by atoms with Gasteiger partial charge in [0.15, 0.2) is 0 Å². The molecule has 116 valence electrons. The van der Waals surface area contributed by atoms with Crippen LogP contribution in [0.25, 0.3) is 10.9 Å². The predicted molar refractivity (Wildman–Crippen MR) is 92.0 cm³/mol. The van der Waals surface area contributed by atoms with E-state index in [1.54, 1.807) is 0 Å². The normalized spacial score (nSPS) is 17.7. The van der Waals surface area contributed by atoms with Gasteiger partial charge in [0, 0.05) is 30.0 Å². The summed E-state index contributed by atoms with van der Waals surface area (Å²) in [5.41, 5.74) is 4.18. The molecule has 2 heterocycles. The highest BCUT2D eigenvalue weighted by Crippen LogP contribution is 2.25. The lowest BCUT2D eigenvalue weighted by Gasteiger charge is -2.09. The Morgan fingerprint density at radius 2 is 1.91 bits per heavy atom. The second-order valence-corrected chi connectivity index (χ2v) is 6.19. The lowest BCUT2D eigenvalue weighted by atomic mass is 9.96. The lowest BCUT2D eigenvalue weighted by molar-refractivity contribution is 0.194. The van der Waals surface area contributed by atoms with Crippen molar-refractivity contribution in [3.8, 4) is 0 Å². The van der Waals surface area contributed by atoms with Crippen molar-refractivity contribution in [2.24, 2.45) is 0 Å². The predicted octanol–water partition coefficient (Wildman–Crippen LogP) is 3.62. The molecule has 1 fully saturated rings. The Hall–Kier alpha value is -2.39. The number of H-pyrrole nitrogens is 1. The van der Waals surface area contributed by atoms with E-state index in [2.05, 4.69) is 29.2 Å². The molecule has 4 rings (SSSR count). The molecule has 2 aromatic carbocycles. The van der Waals surface area contributed by atoms with Crippen molar-refractivity contribution in [1.29, 1.82) is 0 Å².